The highest BCUT2D eigenvalue weighted by atomic mass is 16.1. The van der Waals surface area contributed by atoms with Crippen LogP contribution in [0, 0.1) is 6.92 Å². The lowest BCUT2D eigenvalue weighted by molar-refractivity contribution is 0.976. The minimum Gasteiger partial charge on any atom is -0.311 e. The maximum atomic E-state index is 11.2. The fourth-order valence-electron chi connectivity index (χ4n) is 1.26. The molecule has 1 aromatic heterocycles. The molecule has 11 heavy (non-hydrogen) atoms. The van der Waals surface area contributed by atoms with Crippen molar-refractivity contribution in [3.8, 4) is 0 Å². The number of fused-ring (bicyclic) bond motifs is 1. The van der Waals surface area contributed by atoms with Crippen LogP contribution in [0.5, 0.6) is 0 Å². The number of allylic oxidation sites excluding steroid dienone is 1. The van der Waals surface area contributed by atoms with E-state index >= 15 is 0 Å². The molecule has 0 saturated carbocycles. The molecule has 1 aromatic rings. The van der Waals surface area contributed by atoms with Crippen LogP contribution in [0.1, 0.15) is 17.1 Å². The van der Waals surface area contributed by atoms with Gasteiger partial charge in [0.05, 0.1) is 5.69 Å². The van der Waals surface area contributed by atoms with Crippen LogP contribution in [0.2, 0.25) is 0 Å². The summed E-state index contributed by atoms with van der Waals surface area (Å²) in [5.74, 6) is 0.681. The third-order valence-corrected chi connectivity index (χ3v) is 1.76. The first-order valence-corrected chi connectivity index (χ1v) is 3.54. The third kappa shape index (κ3) is 0.888. The Morgan fingerprint density at radius 3 is 3.27 bits per heavy atom. The van der Waals surface area contributed by atoms with Gasteiger partial charge in [0.1, 0.15) is 5.82 Å². The van der Waals surface area contributed by atoms with E-state index in [-0.39, 0.29) is 5.56 Å². The largest absolute Gasteiger partial charge is 0.311 e. The summed E-state index contributed by atoms with van der Waals surface area (Å²) in [6, 6.07) is 0. The first-order valence-electron chi connectivity index (χ1n) is 3.54. The summed E-state index contributed by atoms with van der Waals surface area (Å²) in [5, 5.41) is 0. The van der Waals surface area contributed by atoms with Crippen LogP contribution in [0.3, 0.4) is 0 Å². The summed E-state index contributed by atoms with van der Waals surface area (Å²) in [5.41, 5.74) is 1.61. The number of nitrogens with one attached hydrogen (secondary N) is 1. The molecule has 0 aromatic carbocycles. The number of H-pyrrole nitrogens is 1. The number of aromatic amines is 1. The molecule has 56 valence electrons. The summed E-state index contributed by atoms with van der Waals surface area (Å²) in [7, 11) is 0. The van der Waals surface area contributed by atoms with Crippen LogP contribution in [-0.4, -0.2) is 9.97 Å². The van der Waals surface area contributed by atoms with Crippen molar-refractivity contribution in [3.05, 3.63) is 33.5 Å². The third-order valence-electron chi connectivity index (χ3n) is 1.76. The van der Waals surface area contributed by atoms with Gasteiger partial charge in [0, 0.05) is 5.56 Å². The quantitative estimate of drug-likeness (QED) is 0.587. The Hall–Kier alpha value is -1.38. The fourth-order valence-corrected chi connectivity index (χ4v) is 1.26. The summed E-state index contributed by atoms with van der Waals surface area (Å²) >= 11 is 0. The minimum absolute atomic E-state index is 0.00231. The molecule has 0 bridgehead atoms. The number of rotatable bonds is 0. The van der Waals surface area contributed by atoms with Crippen LogP contribution in [0.25, 0.3) is 6.08 Å². The van der Waals surface area contributed by atoms with Gasteiger partial charge in [-0.05, 0) is 19.4 Å². The second-order valence-electron chi connectivity index (χ2n) is 2.62. The highest BCUT2D eigenvalue weighted by Gasteiger charge is 2.10. The maximum Gasteiger partial charge on any atom is 0.254 e. The summed E-state index contributed by atoms with van der Waals surface area (Å²) in [4.78, 5) is 18.0. The number of nitrogens with zero attached hydrogens (tertiary/aromatic N) is 1. The molecule has 0 radical (unpaired) electrons. The summed E-state index contributed by atoms with van der Waals surface area (Å²) < 4.78 is 0. The zero-order chi connectivity index (χ0) is 7.84. The number of aromatic nitrogens is 2. The molecule has 0 saturated heterocycles. The lowest BCUT2D eigenvalue weighted by Gasteiger charge is -1.96. The van der Waals surface area contributed by atoms with Crippen molar-refractivity contribution in [2.24, 2.45) is 0 Å². The van der Waals surface area contributed by atoms with Gasteiger partial charge in [0.15, 0.2) is 0 Å². The topological polar surface area (TPSA) is 45.8 Å². The van der Waals surface area contributed by atoms with Gasteiger partial charge in [-0.15, -0.1) is 0 Å². The summed E-state index contributed by atoms with van der Waals surface area (Å²) in [6.45, 7) is 1.79. The average molecular weight is 148 g/mol. The zero-order valence-electron chi connectivity index (χ0n) is 6.22. The molecule has 1 aliphatic rings. The first-order chi connectivity index (χ1) is 5.27. The van der Waals surface area contributed by atoms with Crippen molar-refractivity contribution in [1.29, 1.82) is 0 Å². The van der Waals surface area contributed by atoms with Gasteiger partial charge in [-0.3, -0.25) is 4.79 Å². The Morgan fingerprint density at radius 1 is 1.64 bits per heavy atom. The number of hydrogen-bond donors (Lipinski definition) is 1. The second kappa shape index (κ2) is 2.05. The molecule has 0 unspecified atom stereocenters. The van der Waals surface area contributed by atoms with Crippen molar-refractivity contribution >= 4 is 6.08 Å². The average Bonchev–Trinajstić information content (AvgIpc) is 2.34. The van der Waals surface area contributed by atoms with Crippen molar-refractivity contribution in [2.45, 2.75) is 13.3 Å². The van der Waals surface area contributed by atoms with Gasteiger partial charge in [-0.25, -0.2) is 4.98 Å². The SMILES string of the molecule is Cc1nc2c(c(=O)[nH]1)CC=C2. The smallest absolute Gasteiger partial charge is 0.254 e. The molecule has 0 aliphatic heterocycles. The summed E-state index contributed by atoms with van der Waals surface area (Å²) in [6.07, 6.45) is 4.56. The minimum atomic E-state index is -0.00231. The van der Waals surface area contributed by atoms with E-state index < -0.39 is 0 Å². The Balaban J connectivity index is 2.76. The van der Waals surface area contributed by atoms with E-state index in [1.165, 1.54) is 0 Å². The Kier molecular flexibility index (Phi) is 1.18. The molecule has 1 aliphatic carbocycles. The second-order valence-corrected chi connectivity index (χ2v) is 2.62. The molecule has 2 rings (SSSR count). The van der Waals surface area contributed by atoms with E-state index in [9.17, 15) is 4.79 Å². The normalized spacial score (nSPS) is 13.5. The van der Waals surface area contributed by atoms with Crippen molar-refractivity contribution < 1.29 is 0 Å². The molecule has 0 amide bonds. The van der Waals surface area contributed by atoms with Crippen molar-refractivity contribution in [3.63, 3.8) is 0 Å². The number of aryl methyl sites for hydroxylation is 1. The van der Waals surface area contributed by atoms with Crippen molar-refractivity contribution in [1.82, 2.24) is 9.97 Å². The molecular formula is C8H8N2O. The Labute approximate surface area is 63.8 Å². The lowest BCUT2D eigenvalue weighted by Crippen LogP contribution is -2.15. The van der Waals surface area contributed by atoms with E-state index in [4.69, 9.17) is 0 Å². The van der Waals surface area contributed by atoms with Crippen LogP contribution < -0.4 is 5.56 Å². The standard InChI is InChI=1S/C8H8N2O/c1-5-9-7-4-2-3-6(7)8(11)10-5/h2,4H,3H2,1H3,(H,9,10,11). The lowest BCUT2D eigenvalue weighted by atomic mass is 10.2. The first kappa shape index (κ1) is 6.34. The zero-order valence-corrected chi connectivity index (χ0v) is 6.22. The van der Waals surface area contributed by atoms with Gasteiger partial charge >= 0.3 is 0 Å². The van der Waals surface area contributed by atoms with Crippen LogP contribution in [0.4, 0.5) is 0 Å². The molecular weight excluding hydrogens is 140 g/mol. The molecule has 0 fully saturated rings. The van der Waals surface area contributed by atoms with Crippen LogP contribution >= 0.6 is 0 Å². The van der Waals surface area contributed by atoms with E-state index in [2.05, 4.69) is 9.97 Å². The number of hydrogen-bond acceptors (Lipinski definition) is 2. The van der Waals surface area contributed by atoms with Gasteiger partial charge in [0.2, 0.25) is 0 Å². The molecule has 0 atom stereocenters. The molecule has 3 nitrogen and oxygen atoms in total. The predicted octanol–water partition coefficient (Wildman–Crippen LogP) is 0.648. The van der Waals surface area contributed by atoms with E-state index in [0.717, 1.165) is 17.7 Å². The monoisotopic (exact) mass is 148 g/mol. The Morgan fingerprint density at radius 2 is 2.45 bits per heavy atom. The molecule has 1 heterocycles. The highest BCUT2D eigenvalue weighted by molar-refractivity contribution is 5.54. The highest BCUT2D eigenvalue weighted by Crippen LogP contribution is 2.11. The van der Waals surface area contributed by atoms with Crippen molar-refractivity contribution in [2.75, 3.05) is 0 Å². The van der Waals surface area contributed by atoms with Crippen LogP contribution in [-0.2, 0) is 6.42 Å². The molecule has 0 spiro atoms. The van der Waals surface area contributed by atoms with E-state index in [0.29, 0.717) is 5.82 Å². The Bertz CT molecular complexity index is 376. The molecule has 1 N–H and O–H groups in total. The maximum absolute atomic E-state index is 11.2. The van der Waals surface area contributed by atoms with Gasteiger partial charge < -0.3 is 4.98 Å². The van der Waals surface area contributed by atoms with Crippen LogP contribution in [0.15, 0.2) is 10.9 Å². The van der Waals surface area contributed by atoms with E-state index in [1.54, 1.807) is 6.92 Å². The fraction of sp³-hybridized carbons (Fsp3) is 0.250. The van der Waals surface area contributed by atoms with Gasteiger partial charge in [-0.2, -0.15) is 0 Å². The van der Waals surface area contributed by atoms with Gasteiger partial charge in [0.25, 0.3) is 5.56 Å². The van der Waals surface area contributed by atoms with Gasteiger partial charge in [-0.1, -0.05) is 6.08 Å². The predicted molar refractivity (Wildman–Crippen MR) is 42.3 cm³/mol. The molecule has 3 heteroatoms. The van der Waals surface area contributed by atoms with E-state index in [1.807, 2.05) is 12.2 Å².